The topological polar surface area (TPSA) is 87.5 Å². The molecule has 2 aromatic rings. The van der Waals surface area contributed by atoms with Crippen LogP contribution in [0.4, 0.5) is 0 Å². The zero-order chi connectivity index (χ0) is 22.1. The van der Waals surface area contributed by atoms with Gasteiger partial charge < -0.3 is 14.4 Å². The van der Waals surface area contributed by atoms with Gasteiger partial charge >= 0.3 is 0 Å². The van der Waals surface area contributed by atoms with Gasteiger partial charge in [-0.3, -0.25) is 9.59 Å². The van der Waals surface area contributed by atoms with E-state index in [2.05, 4.69) is 6.07 Å². The molecule has 0 saturated carbocycles. The Hall–Kier alpha value is -3.08. The fourth-order valence-corrected chi connectivity index (χ4v) is 4.14. The predicted molar refractivity (Wildman–Crippen MR) is 116 cm³/mol. The van der Waals surface area contributed by atoms with Crippen LogP contribution >= 0.6 is 0 Å². The molecule has 3 rings (SSSR count). The molecule has 1 aliphatic heterocycles. The number of benzene rings is 2. The molecule has 154 valence electrons. The van der Waals surface area contributed by atoms with Gasteiger partial charge in [0.15, 0.2) is 4.90 Å². The Labute approximate surface area is 179 Å². The third-order valence-corrected chi connectivity index (χ3v) is 6.47. The van der Waals surface area contributed by atoms with Crippen molar-refractivity contribution in [2.24, 2.45) is 0 Å². The Balaban J connectivity index is 2.03. The van der Waals surface area contributed by atoms with Crippen LogP contribution in [-0.2, 0) is 27.2 Å². The summed E-state index contributed by atoms with van der Waals surface area (Å²) < 4.78 is 11.8. The number of rotatable bonds is 4. The predicted octanol–water partition coefficient (Wildman–Crippen LogP) is 2.57. The van der Waals surface area contributed by atoms with Gasteiger partial charge in [0.25, 0.3) is 11.8 Å². The van der Waals surface area contributed by atoms with Crippen molar-refractivity contribution in [1.82, 2.24) is 9.80 Å². The van der Waals surface area contributed by atoms with Crippen LogP contribution < -0.4 is 0 Å². The fraction of sp³-hybridized carbons (Fsp3) is 0.261. The molecule has 0 aliphatic carbocycles. The molecule has 7 heteroatoms. The number of piperazine rings is 1. The Morgan fingerprint density at radius 2 is 1.83 bits per heavy atom. The van der Waals surface area contributed by atoms with E-state index in [0.717, 1.165) is 5.56 Å². The van der Waals surface area contributed by atoms with Crippen molar-refractivity contribution in [3.8, 4) is 6.07 Å². The van der Waals surface area contributed by atoms with Crippen LogP contribution in [0.5, 0.6) is 0 Å². The largest absolute Gasteiger partial charge is 0.612 e. The molecule has 1 saturated heterocycles. The molecule has 2 amide bonds. The van der Waals surface area contributed by atoms with E-state index in [0.29, 0.717) is 22.4 Å². The molecule has 1 fully saturated rings. The lowest BCUT2D eigenvalue weighted by Gasteiger charge is -2.45. The maximum absolute atomic E-state index is 13.3. The minimum atomic E-state index is -1.24. The van der Waals surface area contributed by atoms with Crippen molar-refractivity contribution in [2.45, 2.75) is 23.8 Å². The number of nitriles is 1. The first-order valence-corrected chi connectivity index (χ1v) is 10.9. The maximum Gasteiger partial charge on any atom is 0.271 e. The van der Waals surface area contributed by atoms with E-state index in [-0.39, 0.29) is 17.5 Å². The summed E-state index contributed by atoms with van der Waals surface area (Å²) in [7, 11) is 3.18. The third kappa shape index (κ3) is 3.84. The zero-order valence-corrected chi connectivity index (χ0v) is 18.2. The number of amides is 2. The van der Waals surface area contributed by atoms with E-state index in [1.807, 2.05) is 30.3 Å². The molecule has 2 unspecified atom stereocenters. The highest BCUT2D eigenvalue weighted by Gasteiger charge is 2.48. The number of nitrogens with zero attached hydrogens (tertiary/aromatic N) is 3. The van der Waals surface area contributed by atoms with Gasteiger partial charge in [0, 0.05) is 26.6 Å². The molecule has 0 N–H and O–H groups in total. The molecule has 2 atom stereocenters. The van der Waals surface area contributed by atoms with Gasteiger partial charge in [0.2, 0.25) is 0 Å². The summed E-state index contributed by atoms with van der Waals surface area (Å²) in [4.78, 5) is 29.9. The van der Waals surface area contributed by atoms with Crippen LogP contribution in [0.3, 0.4) is 0 Å². The van der Waals surface area contributed by atoms with Crippen molar-refractivity contribution < 1.29 is 14.1 Å². The summed E-state index contributed by atoms with van der Waals surface area (Å²) in [5, 5.41) is 9.43. The van der Waals surface area contributed by atoms with E-state index in [4.69, 9.17) is 0 Å². The van der Waals surface area contributed by atoms with Gasteiger partial charge in [-0.05, 0) is 47.4 Å². The van der Waals surface area contributed by atoms with Crippen LogP contribution in [-0.4, -0.2) is 52.1 Å². The van der Waals surface area contributed by atoms with Gasteiger partial charge in [-0.25, -0.2) is 0 Å². The third-order valence-electron chi connectivity index (χ3n) is 5.55. The van der Waals surface area contributed by atoms with Crippen molar-refractivity contribution in [1.29, 1.82) is 5.26 Å². The lowest BCUT2D eigenvalue weighted by molar-refractivity contribution is -0.155. The highest BCUT2D eigenvalue weighted by Crippen LogP contribution is 2.31. The molecule has 2 aromatic carbocycles. The highest BCUT2D eigenvalue weighted by atomic mass is 32.2. The molecule has 0 radical (unpaired) electrons. The van der Waals surface area contributed by atoms with Gasteiger partial charge in [-0.15, -0.1) is 0 Å². The van der Waals surface area contributed by atoms with Gasteiger partial charge in [0.1, 0.15) is 17.5 Å². The Morgan fingerprint density at radius 1 is 1.17 bits per heavy atom. The quantitative estimate of drug-likeness (QED) is 0.561. The number of hydrogen-bond acceptors (Lipinski definition) is 4. The number of likely N-dealkylation sites (N-methyl/N-ethyl adjacent to an activating group) is 2. The summed E-state index contributed by atoms with van der Waals surface area (Å²) in [5.41, 5.74) is 0.885. The second-order valence-electron chi connectivity index (χ2n) is 7.51. The fourth-order valence-electron chi connectivity index (χ4n) is 3.59. The first-order chi connectivity index (χ1) is 14.2. The average molecular weight is 422 g/mol. The highest BCUT2D eigenvalue weighted by molar-refractivity contribution is 7.90. The van der Waals surface area contributed by atoms with Crippen molar-refractivity contribution in [3.05, 3.63) is 70.9 Å². The monoisotopic (exact) mass is 421 g/mol. The van der Waals surface area contributed by atoms with Crippen molar-refractivity contribution >= 4 is 29.1 Å². The molecule has 0 spiro atoms. The SMILES string of the molecule is CN1C(=O)C(C)(Cc2ccccc2)N(C)C(=O)/C1=C/c1cc([S+](C)[O-])ccc1C#N. The molecule has 0 aromatic heterocycles. The van der Waals surface area contributed by atoms with E-state index in [9.17, 15) is 19.4 Å². The molecular formula is C23H23N3O3S. The van der Waals surface area contributed by atoms with Crippen molar-refractivity contribution in [3.63, 3.8) is 0 Å². The summed E-state index contributed by atoms with van der Waals surface area (Å²) in [6.07, 6.45) is 3.45. The standard InChI is InChI=1S/C23H23N3O3S/c1-23(14-16-8-6-5-7-9-16)22(28)25(2)20(21(27)26(23)3)13-18-12-19(30(4)29)11-10-17(18)15-24/h5-13H,14H2,1-4H3/b20-13-. The van der Waals surface area contributed by atoms with Gasteiger partial charge in [-0.1, -0.05) is 30.3 Å². The Kier molecular flexibility index (Phi) is 6.01. The lowest BCUT2D eigenvalue weighted by Crippen LogP contribution is -2.64. The van der Waals surface area contributed by atoms with Crippen LogP contribution in [0, 0.1) is 11.3 Å². The van der Waals surface area contributed by atoms with Crippen LogP contribution in [0.15, 0.2) is 59.1 Å². The Bertz CT molecular complexity index is 1060. The first-order valence-electron chi connectivity index (χ1n) is 9.38. The number of hydrogen-bond donors (Lipinski definition) is 0. The van der Waals surface area contributed by atoms with E-state index >= 15 is 0 Å². The lowest BCUT2D eigenvalue weighted by atomic mass is 9.87. The normalized spacial score (nSPS) is 21.7. The average Bonchev–Trinajstić information content (AvgIpc) is 2.74. The Morgan fingerprint density at radius 3 is 2.43 bits per heavy atom. The zero-order valence-electron chi connectivity index (χ0n) is 17.4. The molecule has 0 bridgehead atoms. The molecule has 30 heavy (non-hydrogen) atoms. The van der Waals surface area contributed by atoms with Crippen LogP contribution in [0.25, 0.3) is 6.08 Å². The van der Waals surface area contributed by atoms with Crippen LogP contribution in [0.1, 0.15) is 23.6 Å². The summed E-state index contributed by atoms with van der Waals surface area (Å²) in [5.74, 6) is -0.532. The first kappa shape index (κ1) is 21.6. The van der Waals surface area contributed by atoms with Crippen molar-refractivity contribution in [2.75, 3.05) is 20.4 Å². The van der Waals surface area contributed by atoms with E-state index in [1.165, 1.54) is 15.9 Å². The maximum atomic E-state index is 13.3. The molecule has 6 nitrogen and oxygen atoms in total. The summed E-state index contributed by atoms with van der Waals surface area (Å²) in [6, 6.07) is 16.4. The molecule has 1 heterocycles. The number of carbonyl (C=O) groups excluding carboxylic acids is 2. The van der Waals surface area contributed by atoms with Crippen LogP contribution in [0.2, 0.25) is 0 Å². The summed E-state index contributed by atoms with van der Waals surface area (Å²) >= 11 is -1.24. The molecular weight excluding hydrogens is 398 g/mol. The smallest absolute Gasteiger partial charge is 0.271 e. The second-order valence-corrected chi connectivity index (χ2v) is 8.89. The summed E-state index contributed by atoms with van der Waals surface area (Å²) in [6.45, 7) is 1.76. The minimum absolute atomic E-state index is 0.170. The minimum Gasteiger partial charge on any atom is -0.612 e. The number of carbonyl (C=O) groups is 2. The van der Waals surface area contributed by atoms with E-state index in [1.54, 1.807) is 45.5 Å². The molecule has 1 aliphatic rings. The van der Waals surface area contributed by atoms with E-state index < -0.39 is 16.7 Å². The van der Waals surface area contributed by atoms with Gasteiger partial charge in [-0.2, -0.15) is 5.26 Å². The van der Waals surface area contributed by atoms with Gasteiger partial charge in [0.05, 0.1) is 11.6 Å². The second kappa shape index (κ2) is 8.34.